The van der Waals surface area contributed by atoms with E-state index >= 15 is 0 Å². The number of methoxy groups -OCH3 is 1. The maximum atomic E-state index is 12.9. The minimum Gasteiger partial charge on any atom is -0.492 e. The lowest BCUT2D eigenvalue weighted by Gasteiger charge is -2.31. The van der Waals surface area contributed by atoms with Gasteiger partial charge in [-0.1, -0.05) is 18.2 Å². The molecular formula is C17H21NO5. The lowest BCUT2D eigenvalue weighted by molar-refractivity contribution is -0.142. The molecule has 1 saturated heterocycles. The molecule has 2 aliphatic rings. The van der Waals surface area contributed by atoms with E-state index in [1.807, 2.05) is 24.3 Å². The van der Waals surface area contributed by atoms with Crippen LogP contribution in [0.25, 0.3) is 0 Å². The SMILES string of the molecule is COC1CC(CC(=O)O)N(C(=O)C2COc3ccccc3C2)C1. The summed E-state index contributed by atoms with van der Waals surface area (Å²) in [5.41, 5.74) is 1.02. The third-order valence-corrected chi connectivity index (χ3v) is 4.63. The van der Waals surface area contributed by atoms with E-state index in [4.69, 9.17) is 14.6 Å². The van der Waals surface area contributed by atoms with Gasteiger partial charge in [0.15, 0.2) is 0 Å². The van der Waals surface area contributed by atoms with Crippen LogP contribution in [0.1, 0.15) is 18.4 Å². The number of fused-ring (bicyclic) bond motifs is 1. The van der Waals surface area contributed by atoms with Crippen molar-refractivity contribution in [2.75, 3.05) is 20.3 Å². The lowest BCUT2D eigenvalue weighted by Crippen LogP contribution is -2.44. The van der Waals surface area contributed by atoms with Gasteiger partial charge in [-0.05, 0) is 24.5 Å². The number of carbonyl (C=O) groups is 2. The Balaban J connectivity index is 1.72. The van der Waals surface area contributed by atoms with Crippen LogP contribution >= 0.6 is 0 Å². The summed E-state index contributed by atoms with van der Waals surface area (Å²) in [4.78, 5) is 25.6. The molecule has 0 spiro atoms. The van der Waals surface area contributed by atoms with Crippen LogP contribution < -0.4 is 4.74 Å². The first kappa shape index (κ1) is 15.8. The van der Waals surface area contributed by atoms with E-state index in [0.29, 0.717) is 26.0 Å². The van der Waals surface area contributed by atoms with Gasteiger partial charge in [-0.15, -0.1) is 0 Å². The van der Waals surface area contributed by atoms with Crippen LogP contribution in [0.15, 0.2) is 24.3 Å². The fourth-order valence-electron chi connectivity index (χ4n) is 3.43. The Morgan fingerprint density at radius 3 is 2.91 bits per heavy atom. The zero-order chi connectivity index (χ0) is 16.4. The molecule has 23 heavy (non-hydrogen) atoms. The van der Waals surface area contributed by atoms with E-state index in [0.717, 1.165) is 11.3 Å². The third-order valence-electron chi connectivity index (χ3n) is 4.63. The maximum absolute atomic E-state index is 12.9. The van der Waals surface area contributed by atoms with E-state index in [9.17, 15) is 9.59 Å². The lowest BCUT2D eigenvalue weighted by atomic mass is 9.95. The number of aliphatic carboxylic acids is 1. The Kier molecular flexibility index (Phi) is 4.52. The van der Waals surface area contributed by atoms with Crippen molar-refractivity contribution in [3.8, 4) is 5.75 Å². The quantitative estimate of drug-likeness (QED) is 0.906. The van der Waals surface area contributed by atoms with Crippen LogP contribution in [0.3, 0.4) is 0 Å². The topological polar surface area (TPSA) is 76.1 Å². The van der Waals surface area contributed by atoms with E-state index in [1.165, 1.54) is 0 Å². The van der Waals surface area contributed by atoms with Crippen LogP contribution in [-0.4, -0.2) is 54.3 Å². The molecule has 1 amide bonds. The highest BCUT2D eigenvalue weighted by Crippen LogP contribution is 2.30. The summed E-state index contributed by atoms with van der Waals surface area (Å²) in [5.74, 6) is -0.369. The van der Waals surface area contributed by atoms with Gasteiger partial charge in [-0.2, -0.15) is 0 Å². The Labute approximate surface area is 135 Å². The number of carboxylic acids is 1. The van der Waals surface area contributed by atoms with Gasteiger partial charge >= 0.3 is 5.97 Å². The third kappa shape index (κ3) is 3.32. The van der Waals surface area contributed by atoms with Crippen molar-refractivity contribution in [2.24, 2.45) is 5.92 Å². The highest BCUT2D eigenvalue weighted by atomic mass is 16.5. The van der Waals surface area contributed by atoms with Crippen molar-refractivity contribution < 1.29 is 24.2 Å². The summed E-state index contributed by atoms with van der Waals surface area (Å²) >= 11 is 0. The molecule has 1 aromatic carbocycles. The number of hydrogen-bond acceptors (Lipinski definition) is 4. The number of amides is 1. The molecule has 6 nitrogen and oxygen atoms in total. The number of rotatable bonds is 4. The zero-order valence-corrected chi connectivity index (χ0v) is 13.1. The molecule has 1 fully saturated rings. The molecule has 3 atom stereocenters. The summed E-state index contributed by atoms with van der Waals surface area (Å²) in [5, 5.41) is 9.07. The van der Waals surface area contributed by atoms with E-state index in [-0.39, 0.29) is 30.4 Å². The summed E-state index contributed by atoms with van der Waals surface area (Å²) in [6.45, 7) is 0.787. The molecule has 124 valence electrons. The van der Waals surface area contributed by atoms with Crippen molar-refractivity contribution in [3.63, 3.8) is 0 Å². The first-order valence-corrected chi connectivity index (χ1v) is 7.84. The molecule has 0 bridgehead atoms. The van der Waals surface area contributed by atoms with E-state index in [1.54, 1.807) is 12.0 Å². The van der Waals surface area contributed by atoms with Gasteiger partial charge in [0.2, 0.25) is 5.91 Å². The summed E-state index contributed by atoms with van der Waals surface area (Å²) < 4.78 is 11.0. The first-order chi connectivity index (χ1) is 11.1. The van der Waals surface area contributed by atoms with Crippen molar-refractivity contribution in [3.05, 3.63) is 29.8 Å². The normalized spacial score (nSPS) is 26.5. The predicted molar refractivity (Wildman–Crippen MR) is 82.3 cm³/mol. The Morgan fingerprint density at radius 1 is 1.39 bits per heavy atom. The van der Waals surface area contributed by atoms with Crippen LogP contribution in [0.2, 0.25) is 0 Å². The van der Waals surface area contributed by atoms with Gasteiger partial charge in [0, 0.05) is 19.7 Å². The predicted octanol–water partition coefficient (Wildman–Crippen LogP) is 1.33. The molecule has 0 radical (unpaired) electrons. The Morgan fingerprint density at radius 2 is 2.17 bits per heavy atom. The van der Waals surface area contributed by atoms with Crippen molar-refractivity contribution in [1.82, 2.24) is 4.90 Å². The molecule has 0 aliphatic carbocycles. The van der Waals surface area contributed by atoms with Crippen LogP contribution in [0, 0.1) is 5.92 Å². The van der Waals surface area contributed by atoms with E-state index in [2.05, 4.69) is 0 Å². The molecule has 2 aliphatic heterocycles. The highest BCUT2D eigenvalue weighted by Gasteiger charge is 2.40. The largest absolute Gasteiger partial charge is 0.492 e. The van der Waals surface area contributed by atoms with E-state index < -0.39 is 5.97 Å². The average molecular weight is 319 g/mol. The Bertz CT molecular complexity index is 602. The fourth-order valence-corrected chi connectivity index (χ4v) is 3.43. The first-order valence-electron chi connectivity index (χ1n) is 7.84. The van der Waals surface area contributed by atoms with Crippen LogP contribution in [-0.2, 0) is 20.7 Å². The average Bonchev–Trinajstić information content (AvgIpc) is 2.96. The molecule has 1 N–H and O–H groups in total. The minimum absolute atomic E-state index is 0.0368. The van der Waals surface area contributed by atoms with Crippen molar-refractivity contribution in [2.45, 2.75) is 31.4 Å². The smallest absolute Gasteiger partial charge is 0.305 e. The van der Waals surface area contributed by atoms with Crippen LogP contribution in [0.5, 0.6) is 5.75 Å². The molecule has 0 aromatic heterocycles. The number of hydrogen-bond donors (Lipinski definition) is 1. The fraction of sp³-hybridized carbons (Fsp3) is 0.529. The highest BCUT2D eigenvalue weighted by molar-refractivity contribution is 5.81. The number of ether oxygens (including phenoxy) is 2. The van der Waals surface area contributed by atoms with Crippen molar-refractivity contribution in [1.29, 1.82) is 0 Å². The molecule has 3 rings (SSSR count). The van der Waals surface area contributed by atoms with Gasteiger partial charge in [0.25, 0.3) is 0 Å². The second kappa shape index (κ2) is 6.58. The Hall–Kier alpha value is -2.08. The molecule has 1 aromatic rings. The van der Waals surface area contributed by atoms with Gasteiger partial charge in [0.1, 0.15) is 12.4 Å². The number of carbonyl (C=O) groups excluding carboxylic acids is 1. The number of likely N-dealkylation sites (tertiary alicyclic amines) is 1. The summed E-state index contributed by atoms with van der Waals surface area (Å²) in [6, 6.07) is 7.40. The molecule has 2 heterocycles. The second-order valence-electron chi connectivity index (χ2n) is 6.16. The molecule has 6 heteroatoms. The maximum Gasteiger partial charge on any atom is 0.305 e. The van der Waals surface area contributed by atoms with Gasteiger partial charge < -0.3 is 19.5 Å². The number of carboxylic acid groups (broad SMARTS) is 1. The van der Waals surface area contributed by atoms with Gasteiger partial charge in [0.05, 0.1) is 18.4 Å². The monoisotopic (exact) mass is 319 g/mol. The molecule has 3 unspecified atom stereocenters. The second-order valence-corrected chi connectivity index (χ2v) is 6.16. The van der Waals surface area contributed by atoms with Gasteiger partial charge in [-0.3, -0.25) is 9.59 Å². The summed E-state index contributed by atoms with van der Waals surface area (Å²) in [7, 11) is 1.59. The number of para-hydroxylation sites is 1. The zero-order valence-electron chi connectivity index (χ0n) is 13.1. The number of nitrogens with zero attached hydrogens (tertiary/aromatic N) is 1. The molecule has 0 saturated carbocycles. The van der Waals surface area contributed by atoms with Crippen molar-refractivity contribution >= 4 is 11.9 Å². The summed E-state index contributed by atoms with van der Waals surface area (Å²) in [6.07, 6.45) is 1.05. The standard InChI is InChI=1S/C17H21NO5/c1-22-14-7-13(8-16(19)20)18(9-14)17(21)12-6-11-4-2-3-5-15(11)23-10-12/h2-5,12-14H,6-10H2,1H3,(H,19,20). The number of benzene rings is 1. The minimum atomic E-state index is -0.894. The van der Waals surface area contributed by atoms with Crippen LogP contribution in [0.4, 0.5) is 0 Å². The van der Waals surface area contributed by atoms with Gasteiger partial charge in [-0.25, -0.2) is 0 Å². The molecular weight excluding hydrogens is 298 g/mol.